The summed E-state index contributed by atoms with van der Waals surface area (Å²) in [7, 11) is 0. The lowest BCUT2D eigenvalue weighted by atomic mass is 10.2. The number of ether oxygens (including phenoxy) is 1. The third-order valence-corrected chi connectivity index (χ3v) is 4.48. The van der Waals surface area contributed by atoms with Crippen molar-refractivity contribution < 1.29 is 14.3 Å². The fourth-order valence-electron chi connectivity index (χ4n) is 1.87. The number of pyridine rings is 1. The average Bonchev–Trinajstić information content (AvgIpc) is 2.62. The van der Waals surface area contributed by atoms with Crippen LogP contribution in [0, 0.1) is 0 Å². The van der Waals surface area contributed by atoms with Gasteiger partial charge in [-0.3, -0.25) is 4.79 Å². The van der Waals surface area contributed by atoms with Crippen molar-refractivity contribution in [2.24, 2.45) is 0 Å². The van der Waals surface area contributed by atoms with Crippen LogP contribution in [0.15, 0.2) is 47.5 Å². The summed E-state index contributed by atoms with van der Waals surface area (Å²) in [5.41, 5.74) is 0.856. The number of nitrogens with zero attached hydrogens (tertiary/aromatic N) is 1. The van der Waals surface area contributed by atoms with Crippen LogP contribution in [0.5, 0.6) is 0 Å². The van der Waals surface area contributed by atoms with Crippen molar-refractivity contribution >= 4 is 58.7 Å². The van der Waals surface area contributed by atoms with E-state index < -0.39 is 18.0 Å². The van der Waals surface area contributed by atoms with Gasteiger partial charge >= 0.3 is 5.97 Å². The molecule has 0 fully saturated rings. The van der Waals surface area contributed by atoms with Gasteiger partial charge in [0.2, 0.25) is 0 Å². The molecule has 2 aromatic rings. The first-order valence-corrected chi connectivity index (χ1v) is 9.51. The van der Waals surface area contributed by atoms with Crippen LogP contribution in [0.2, 0.25) is 10.0 Å². The van der Waals surface area contributed by atoms with Gasteiger partial charge in [0.25, 0.3) is 5.91 Å². The molecule has 1 atom stereocenters. The highest BCUT2D eigenvalue weighted by molar-refractivity contribution is 7.98. The van der Waals surface area contributed by atoms with E-state index in [4.69, 9.17) is 27.9 Å². The number of hydrogen-bond donors (Lipinski definition) is 1. The molecule has 0 saturated carbocycles. The SMILES string of the molecule is CSc1ccc(/C=C/C(=O)O[C@H](C)C(=O)Nc2ncc(Cl)cc2Cl)cc1. The Hall–Kier alpha value is -2.02. The van der Waals surface area contributed by atoms with Crippen molar-refractivity contribution in [3.05, 3.63) is 58.2 Å². The number of thioether (sulfide) groups is 1. The Labute approximate surface area is 165 Å². The average molecular weight is 411 g/mol. The van der Waals surface area contributed by atoms with Crippen molar-refractivity contribution in [1.29, 1.82) is 0 Å². The van der Waals surface area contributed by atoms with Crippen molar-refractivity contribution in [2.45, 2.75) is 17.9 Å². The van der Waals surface area contributed by atoms with Crippen molar-refractivity contribution in [2.75, 3.05) is 11.6 Å². The summed E-state index contributed by atoms with van der Waals surface area (Å²) in [4.78, 5) is 29.0. The first-order valence-electron chi connectivity index (χ1n) is 7.53. The summed E-state index contributed by atoms with van der Waals surface area (Å²) in [5.74, 6) is -1.03. The highest BCUT2D eigenvalue weighted by Gasteiger charge is 2.18. The molecule has 0 saturated heterocycles. The van der Waals surface area contributed by atoms with E-state index in [-0.39, 0.29) is 10.8 Å². The van der Waals surface area contributed by atoms with E-state index in [0.717, 1.165) is 10.5 Å². The molecular weight excluding hydrogens is 395 g/mol. The molecule has 1 N–H and O–H groups in total. The molecule has 0 radical (unpaired) electrons. The summed E-state index contributed by atoms with van der Waals surface area (Å²) in [6.07, 6.45) is 5.21. The van der Waals surface area contributed by atoms with Crippen LogP contribution in [-0.2, 0) is 14.3 Å². The summed E-state index contributed by atoms with van der Waals surface area (Å²) >= 11 is 13.3. The fraction of sp³-hybridized carbons (Fsp3) is 0.167. The van der Waals surface area contributed by atoms with Gasteiger partial charge in [-0.15, -0.1) is 11.8 Å². The number of halogens is 2. The summed E-state index contributed by atoms with van der Waals surface area (Å²) < 4.78 is 5.08. The number of nitrogens with one attached hydrogen (secondary N) is 1. The number of amides is 1. The predicted octanol–water partition coefficient (Wildman–Crippen LogP) is 4.69. The van der Waals surface area contributed by atoms with Gasteiger partial charge in [-0.2, -0.15) is 0 Å². The maximum Gasteiger partial charge on any atom is 0.331 e. The molecule has 1 aromatic heterocycles. The van der Waals surface area contributed by atoms with E-state index in [1.807, 2.05) is 30.5 Å². The van der Waals surface area contributed by atoms with Crippen molar-refractivity contribution in [3.63, 3.8) is 0 Å². The number of rotatable bonds is 6. The zero-order chi connectivity index (χ0) is 19.1. The molecule has 26 heavy (non-hydrogen) atoms. The maximum atomic E-state index is 12.1. The Morgan fingerprint density at radius 3 is 2.58 bits per heavy atom. The van der Waals surface area contributed by atoms with E-state index in [1.165, 1.54) is 25.3 Å². The lowest BCUT2D eigenvalue weighted by Crippen LogP contribution is -2.29. The second kappa shape index (κ2) is 9.62. The van der Waals surface area contributed by atoms with E-state index in [0.29, 0.717) is 5.02 Å². The number of aromatic nitrogens is 1. The minimum atomic E-state index is -1.01. The number of anilines is 1. The first-order chi connectivity index (χ1) is 12.4. The van der Waals surface area contributed by atoms with Crippen molar-refractivity contribution in [3.8, 4) is 0 Å². The second-order valence-electron chi connectivity index (χ2n) is 5.16. The topological polar surface area (TPSA) is 68.3 Å². The first kappa shape index (κ1) is 20.3. The highest BCUT2D eigenvalue weighted by Crippen LogP contribution is 2.22. The molecule has 0 bridgehead atoms. The van der Waals surface area contributed by atoms with Crippen LogP contribution >= 0.6 is 35.0 Å². The van der Waals surface area contributed by atoms with Gasteiger partial charge in [0.1, 0.15) is 0 Å². The second-order valence-corrected chi connectivity index (χ2v) is 6.88. The molecule has 0 spiro atoms. The van der Waals surface area contributed by atoms with E-state index in [2.05, 4.69) is 10.3 Å². The largest absolute Gasteiger partial charge is 0.449 e. The van der Waals surface area contributed by atoms with Crippen LogP contribution in [0.4, 0.5) is 5.82 Å². The van der Waals surface area contributed by atoms with Gasteiger partial charge in [-0.25, -0.2) is 9.78 Å². The van der Waals surface area contributed by atoms with Gasteiger partial charge in [0.05, 0.1) is 10.0 Å². The van der Waals surface area contributed by atoms with Crippen LogP contribution in [0.3, 0.4) is 0 Å². The molecule has 0 aliphatic heterocycles. The maximum absolute atomic E-state index is 12.1. The highest BCUT2D eigenvalue weighted by atomic mass is 35.5. The molecule has 136 valence electrons. The van der Waals surface area contributed by atoms with Crippen molar-refractivity contribution in [1.82, 2.24) is 4.98 Å². The Kier molecular flexibility index (Phi) is 7.50. The third kappa shape index (κ3) is 6.05. The zero-order valence-corrected chi connectivity index (χ0v) is 16.4. The lowest BCUT2D eigenvalue weighted by Gasteiger charge is -2.12. The van der Waals surface area contributed by atoms with Crippen LogP contribution < -0.4 is 5.32 Å². The summed E-state index contributed by atoms with van der Waals surface area (Å²) in [6.45, 7) is 1.46. The number of benzene rings is 1. The minimum Gasteiger partial charge on any atom is -0.449 e. The van der Waals surface area contributed by atoms with Gasteiger partial charge in [-0.1, -0.05) is 35.3 Å². The van der Waals surface area contributed by atoms with Gasteiger partial charge in [0.15, 0.2) is 11.9 Å². The summed E-state index contributed by atoms with van der Waals surface area (Å²) in [6, 6.07) is 9.14. The molecule has 1 aromatic carbocycles. The number of esters is 1. The minimum absolute atomic E-state index is 0.147. The number of carbonyl (C=O) groups excluding carboxylic acids is 2. The Bertz CT molecular complexity index is 826. The van der Waals surface area contributed by atoms with Gasteiger partial charge in [-0.05, 0) is 43.0 Å². The zero-order valence-electron chi connectivity index (χ0n) is 14.0. The van der Waals surface area contributed by atoms with Gasteiger partial charge < -0.3 is 10.1 Å². The van der Waals surface area contributed by atoms with E-state index in [9.17, 15) is 9.59 Å². The fourth-order valence-corrected chi connectivity index (χ4v) is 2.71. The van der Waals surface area contributed by atoms with E-state index >= 15 is 0 Å². The molecule has 0 unspecified atom stereocenters. The number of hydrogen-bond acceptors (Lipinski definition) is 5. The van der Waals surface area contributed by atoms with Crippen LogP contribution in [-0.4, -0.2) is 29.2 Å². The van der Waals surface area contributed by atoms with Crippen LogP contribution in [0.1, 0.15) is 12.5 Å². The third-order valence-electron chi connectivity index (χ3n) is 3.24. The molecular formula is C18H16Cl2N2O3S. The van der Waals surface area contributed by atoms with Crippen LogP contribution in [0.25, 0.3) is 6.08 Å². The molecule has 1 amide bonds. The molecule has 8 heteroatoms. The standard InChI is InChI=1S/C18H16Cl2N2O3S/c1-11(18(24)22-17-15(20)9-13(19)10-21-17)25-16(23)8-5-12-3-6-14(26-2)7-4-12/h3-11H,1-2H3,(H,21,22,24)/b8-5+/t11-/m1/s1. The Balaban J connectivity index is 1.90. The Morgan fingerprint density at radius 2 is 1.96 bits per heavy atom. The molecule has 0 aliphatic carbocycles. The smallest absolute Gasteiger partial charge is 0.331 e. The molecule has 1 heterocycles. The number of carbonyl (C=O) groups is 2. The molecule has 5 nitrogen and oxygen atoms in total. The van der Waals surface area contributed by atoms with Gasteiger partial charge in [0, 0.05) is 17.2 Å². The van der Waals surface area contributed by atoms with E-state index in [1.54, 1.807) is 17.8 Å². The molecule has 2 rings (SSSR count). The Morgan fingerprint density at radius 1 is 1.27 bits per heavy atom. The summed E-state index contributed by atoms with van der Waals surface area (Å²) in [5, 5.41) is 3.03. The normalized spacial score (nSPS) is 12.0. The quantitative estimate of drug-likeness (QED) is 0.424. The predicted molar refractivity (Wildman–Crippen MR) is 106 cm³/mol. The lowest BCUT2D eigenvalue weighted by molar-refractivity contribution is -0.148. The molecule has 0 aliphatic rings. The monoisotopic (exact) mass is 410 g/mol.